The number of hydrogen-bond acceptors (Lipinski definition) is 3. The number of aliphatic hydroxyl groups excluding tert-OH is 1. The number of carbonyl (C=O) groups is 1. The molecule has 1 fully saturated rings. The summed E-state index contributed by atoms with van der Waals surface area (Å²) in [5, 5.41) is 21.7. The van der Waals surface area contributed by atoms with Gasteiger partial charge in [0.2, 0.25) is 5.91 Å². The standard InChI is InChI=1S/C15H19NO3/c17-12-8-5-11(6-9-12)7-10-15(19)16-13-3-1-2-4-14(13)18/h5-10,13-14,17-18H,1-4H2,(H,16,19). The summed E-state index contributed by atoms with van der Waals surface area (Å²) < 4.78 is 0. The molecule has 1 saturated carbocycles. The fourth-order valence-electron chi connectivity index (χ4n) is 2.27. The van der Waals surface area contributed by atoms with Crippen LogP contribution in [0.3, 0.4) is 0 Å². The quantitative estimate of drug-likeness (QED) is 0.727. The second kappa shape index (κ2) is 6.38. The number of rotatable bonds is 3. The van der Waals surface area contributed by atoms with Crippen LogP contribution < -0.4 is 5.32 Å². The van der Waals surface area contributed by atoms with E-state index >= 15 is 0 Å². The summed E-state index contributed by atoms with van der Waals surface area (Å²) in [6.45, 7) is 0. The highest BCUT2D eigenvalue weighted by atomic mass is 16.3. The second-order valence-corrected chi connectivity index (χ2v) is 4.89. The molecule has 0 bridgehead atoms. The minimum absolute atomic E-state index is 0.134. The maximum Gasteiger partial charge on any atom is 0.244 e. The van der Waals surface area contributed by atoms with Crippen LogP contribution >= 0.6 is 0 Å². The van der Waals surface area contributed by atoms with Gasteiger partial charge in [-0.3, -0.25) is 4.79 Å². The smallest absolute Gasteiger partial charge is 0.244 e. The van der Waals surface area contributed by atoms with Crippen LogP contribution in [0.2, 0.25) is 0 Å². The van der Waals surface area contributed by atoms with E-state index in [0.29, 0.717) is 0 Å². The van der Waals surface area contributed by atoms with Crippen molar-refractivity contribution in [3.05, 3.63) is 35.9 Å². The summed E-state index contributed by atoms with van der Waals surface area (Å²) in [4.78, 5) is 11.7. The average Bonchev–Trinajstić information content (AvgIpc) is 2.41. The Labute approximate surface area is 112 Å². The molecule has 2 unspecified atom stereocenters. The Bertz CT molecular complexity index is 453. The number of aromatic hydroxyl groups is 1. The van der Waals surface area contributed by atoms with Gasteiger partial charge in [-0.25, -0.2) is 0 Å². The topological polar surface area (TPSA) is 69.6 Å². The molecule has 0 aliphatic heterocycles. The Morgan fingerprint density at radius 1 is 1.21 bits per heavy atom. The van der Waals surface area contributed by atoms with Gasteiger partial charge in [-0.15, -0.1) is 0 Å². The molecular formula is C15H19NO3. The number of hydrogen-bond donors (Lipinski definition) is 3. The molecule has 0 aromatic heterocycles. The van der Waals surface area contributed by atoms with Crippen LogP contribution in [-0.4, -0.2) is 28.3 Å². The average molecular weight is 261 g/mol. The van der Waals surface area contributed by atoms with Crippen molar-refractivity contribution in [2.45, 2.75) is 37.8 Å². The first-order valence-corrected chi connectivity index (χ1v) is 6.61. The molecule has 19 heavy (non-hydrogen) atoms. The molecule has 102 valence electrons. The van der Waals surface area contributed by atoms with E-state index in [1.807, 2.05) is 0 Å². The largest absolute Gasteiger partial charge is 0.508 e. The van der Waals surface area contributed by atoms with Gasteiger partial charge in [-0.2, -0.15) is 0 Å². The van der Waals surface area contributed by atoms with Gasteiger partial charge in [0.05, 0.1) is 12.1 Å². The van der Waals surface area contributed by atoms with Crippen LogP contribution in [0.25, 0.3) is 6.08 Å². The van der Waals surface area contributed by atoms with Gasteiger partial charge in [0.1, 0.15) is 5.75 Å². The number of amides is 1. The number of benzene rings is 1. The van der Waals surface area contributed by atoms with Gasteiger partial charge in [0, 0.05) is 6.08 Å². The molecule has 0 spiro atoms. The van der Waals surface area contributed by atoms with E-state index in [-0.39, 0.29) is 17.7 Å². The van der Waals surface area contributed by atoms with Crippen molar-refractivity contribution < 1.29 is 15.0 Å². The number of phenolic OH excluding ortho intramolecular Hbond substituents is 1. The molecule has 2 atom stereocenters. The van der Waals surface area contributed by atoms with E-state index in [1.54, 1.807) is 30.3 Å². The Balaban J connectivity index is 1.88. The van der Waals surface area contributed by atoms with Crippen molar-refractivity contribution >= 4 is 12.0 Å². The molecular weight excluding hydrogens is 242 g/mol. The zero-order valence-corrected chi connectivity index (χ0v) is 10.7. The highest BCUT2D eigenvalue weighted by Crippen LogP contribution is 2.18. The minimum Gasteiger partial charge on any atom is -0.508 e. The van der Waals surface area contributed by atoms with Gasteiger partial charge in [0.25, 0.3) is 0 Å². The summed E-state index contributed by atoms with van der Waals surface area (Å²) >= 11 is 0. The molecule has 4 nitrogen and oxygen atoms in total. The van der Waals surface area contributed by atoms with Gasteiger partial charge >= 0.3 is 0 Å². The monoisotopic (exact) mass is 261 g/mol. The van der Waals surface area contributed by atoms with Crippen molar-refractivity contribution in [1.82, 2.24) is 5.32 Å². The summed E-state index contributed by atoms with van der Waals surface area (Å²) in [5.41, 5.74) is 0.845. The highest BCUT2D eigenvalue weighted by Gasteiger charge is 2.23. The van der Waals surface area contributed by atoms with E-state index in [1.165, 1.54) is 6.08 Å². The lowest BCUT2D eigenvalue weighted by Gasteiger charge is -2.27. The van der Waals surface area contributed by atoms with Gasteiger partial charge in [-0.1, -0.05) is 25.0 Å². The first-order chi connectivity index (χ1) is 9.15. The lowest BCUT2D eigenvalue weighted by atomic mass is 9.92. The van der Waals surface area contributed by atoms with Gasteiger partial charge in [-0.05, 0) is 36.6 Å². The van der Waals surface area contributed by atoms with E-state index < -0.39 is 6.10 Å². The number of nitrogens with one attached hydrogen (secondary N) is 1. The van der Waals surface area contributed by atoms with Crippen LogP contribution in [0.1, 0.15) is 31.2 Å². The normalized spacial score (nSPS) is 23.4. The summed E-state index contributed by atoms with van der Waals surface area (Å²) in [6, 6.07) is 6.47. The fraction of sp³-hybridized carbons (Fsp3) is 0.400. The Morgan fingerprint density at radius 3 is 2.58 bits per heavy atom. The van der Waals surface area contributed by atoms with Gasteiger partial charge < -0.3 is 15.5 Å². The SMILES string of the molecule is O=C(C=Cc1ccc(O)cc1)NC1CCCCC1O. The third-order valence-electron chi connectivity index (χ3n) is 3.38. The lowest BCUT2D eigenvalue weighted by Crippen LogP contribution is -2.44. The van der Waals surface area contributed by atoms with Crippen molar-refractivity contribution in [2.24, 2.45) is 0 Å². The molecule has 1 aromatic carbocycles. The zero-order chi connectivity index (χ0) is 13.7. The summed E-state index contributed by atoms with van der Waals surface area (Å²) in [7, 11) is 0. The highest BCUT2D eigenvalue weighted by molar-refractivity contribution is 5.91. The molecule has 0 heterocycles. The second-order valence-electron chi connectivity index (χ2n) is 4.89. The molecule has 2 rings (SSSR count). The molecule has 4 heteroatoms. The number of phenols is 1. The molecule has 3 N–H and O–H groups in total. The third-order valence-corrected chi connectivity index (χ3v) is 3.38. The minimum atomic E-state index is -0.431. The zero-order valence-electron chi connectivity index (χ0n) is 10.7. The predicted molar refractivity (Wildman–Crippen MR) is 73.5 cm³/mol. The van der Waals surface area contributed by atoms with Crippen molar-refractivity contribution in [1.29, 1.82) is 0 Å². The number of aliphatic hydroxyl groups is 1. The maximum atomic E-state index is 11.7. The fourth-order valence-corrected chi connectivity index (χ4v) is 2.27. The molecule has 1 aromatic rings. The molecule has 1 amide bonds. The van der Waals surface area contributed by atoms with Crippen molar-refractivity contribution in [3.8, 4) is 5.75 Å². The predicted octanol–water partition coefficient (Wildman–Crippen LogP) is 1.83. The Hall–Kier alpha value is -1.81. The van der Waals surface area contributed by atoms with Crippen LogP contribution in [-0.2, 0) is 4.79 Å². The van der Waals surface area contributed by atoms with Crippen LogP contribution in [0.5, 0.6) is 5.75 Å². The molecule has 1 aliphatic rings. The van der Waals surface area contributed by atoms with E-state index in [2.05, 4.69) is 5.32 Å². The first-order valence-electron chi connectivity index (χ1n) is 6.61. The Morgan fingerprint density at radius 2 is 1.89 bits per heavy atom. The number of carbonyl (C=O) groups excluding carboxylic acids is 1. The van der Waals surface area contributed by atoms with Crippen LogP contribution in [0.4, 0.5) is 0 Å². The van der Waals surface area contributed by atoms with E-state index in [4.69, 9.17) is 5.11 Å². The van der Waals surface area contributed by atoms with Crippen LogP contribution in [0, 0.1) is 0 Å². The van der Waals surface area contributed by atoms with E-state index in [0.717, 1.165) is 31.2 Å². The van der Waals surface area contributed by atoms with Crippen molar-refractivity contribution in [2.75, 3.05) is 0 Å². The third kappa shape index (κ3) is 4.10. The van der Waals surface area contributed by atoms with E-state index in [9.17, 15) is 9.90 Å². The Kier molecular flexibility index (Phi) is 4.58. The molecule has 0 radical (unpaired) electrons. The van der Waals surface area contributed by atoms with Crippen LogP contribution in [0.15, 0.2) is 30.3 Å². The maximum absolute atomic E-state index is 11.7. The molecule has 0 saturated heterocycles. The summed E-state index contributed by atoms with van der Waals surface area (Å²) in [5.74, 6) is 0.00551. The lowest BCUT2D eigenvalue weighted by molar-refractivity contribution is -0.118. The first kappa shape index (κ1) is 13.6. The molecule has 1 aliphatic carbocycles. The van der Waals surface area contributed by atoms with Gasteiger partial charge in [0.15, 0.2) is 0 Å². The summed E-state index contributed by atoms with van der Waals surface area (Å²) in [6.07, 6.45) is 6.37. The van der Waals surface area contributed by atoms with Crippen molar-refractivity contribution in [3.63, 3.8) is 0 Å².